The number of rotatable bonds is 5. The average Bonchev–Trinajstić information content (AvgIpc) is 2.25. The Hall–Kier alpha value is -1.10. The lowest BCUT2D eigenvalue weighted by molar-refractivity contribution is -0.138. The van der Waals surface area contributed by atoms with Crippen LogP contribution >= 0.6 is 0 Å². The maximum Gasteiger partial charge on any atom is 0.416 e. The van der Waals surface area contributed by atoms with Crippen molar-refractivity contribution in [3.8, 4) is 0 Å². The van der Waals surface area contributed by atoms with Crippen molar-refractivity contribution in [1.29, 1.82) is 0 Å². The van der Waals surface area contributed by atoms with Crippen LogP contribution in [0.3, 0.4) is 0 Å². The topological polar surface area (TPSA) is 12.0 Å². The Balaban J connectivity index is 2.77. The minimum atomic E-state index is -4.51. The van der Waals surface area contributed by atoms with Crippen LogP contribution in [0.15, 0.2) is 18.2 Å². The van der Waals surface area contributed by atoms with Crippen molar-refractivity contribution >= 4 is 0 Å². The Morgan fingerprint density at radius 1 is 1.24 bits per heavy atom. The Bertz CT molecular complexity index is 360. The molecule has 0 fully saturated rings. The van der Waals surface area contributed by atoms with E-state index in [-0.39, 0.29) is 12.1 Å². The third kappa shape index (κ3) is 4.34. The van der Waals surface area contributed by atoms with Gasteiger partial charge < -0.3 is 5.32 Å². The van der Waals surface area contributed by atoms with Gasteiger partial charge in [0.2, 0.25) is 0 Å². The number of halogens is 4. The zero-order valence-corrected chi connectivity index (χ0v) is 9.57. The number of hydrogen-bond acceptors (Lipinski definition) is 1. The lowest BCUT2D eigenvalue weighted by atomic mass is 10.1. The number of alkyl halides is 3. The van der Waals surface area contributed by atoms with Gasteiger partial charge in [-0.25, -0.2) is 4.39 Å². The Labute approximate surface area is 97.8 Å². The van der Waals surface area contributed by atoms with Gasteiger partial charge in [-0.15, -0.1) is 0 Å². The first-order chi connectivity index (χ1) is 7.95. The van der Waals surface area contributed by atoms with Gasteiger partial charge in [0.25, 0.3) is 0 Å². The second-order valence-electron chi connectivity index (χ2n) is 3.83. The summed E-state index contributed by atoms with van der Waals surface area (Å²) in [5.41, 5.74) is -0.823. The first-order valence-electron chi connectivity index (χ1n) is 5.51. The van der Waals surface area contributed by atoms with Crippen molar-refractivity contribution in [3.63, 3.8) is 0 Å². The van der Waals surface area contributed by atoms with E-state index < -0.39 is 17.6 Å². The van der Waals surface area contributed by atoms with E-state index in [1.165, 1.54) is 6.07 Å². The fraction of sp³-hybridized carbons (Fsp3) is 0.500. The molecule has 0 amide bonds. The molecule has 1 aromatic rings. The Kier molecular flexibility index (Phi) is 4.93. The summed E-state index contributed by atoms with van der Waals surface area (Å²) in [6.07, 6.45) is -2.63. The molecule has 0 aliphatic heterocycles. The van der Waals surface area contributed by atoms with Gasteiger partial charge in [-0.2, -0.15) is 13.2 Å². The molecule has 0 atom stereocenters. The molecule has 1 nitrogen and oxygen atoms in total. The minimum Gasteiger partial charge on any atom is -0.313 e. The van der Waals surface area contributed by atoms with E-state index in [1.807, 2.05) is 6.92 Å². The number of nitrogens with one attached hydrogen (secondary N) is 1. The molecule has 0 aromatic heterocycles. The largest absolute Gasteiger partial charge is 0.416 e. The molecule has 96 valence electrons. The van der Waals surface area contributed by atoms with E-state index >= 15 is 0 Å². The highest BCUT2D eigenvalue weighted by atomic mass is 19.4. The highest BCUT2D eigenvalue weighted by Gasteiger charge is 2.33. The van der Waals surface area contributed by atoms with E-state index in [0.29, 0.717) is 12.6 Å². The first-order valence-corrected chi connectivity index (χ1v) is 5.51. The van der Waals surface area contributed by atoms with Gasteiger partial charge in [-0.05, 0) is 30.7 Å². The molecule has 0 bridgehead atoms. The van der Waals surface area contributed by atoms with E-state index in [2.05, 4.69) is 5.32 Å². The van der Waals surface area contributed by atoms with Gasteiger partial charge >= 0.3 is 6.18 Å². The fourth-order valence-corrected chi connectivity index (χ4v) is 1.49. The average molecular weight is 249 g/mol. The van der Waals surface area contributed by atoms with Crippen LogP contribution in [-0.2, 0) is 12.7 Å². The van der Waals surface area contributed by atoms with Gasteiger partial charge in [-0.1, -0.05) is 19.4 Å². The summed E-state index contributed by atoms with van der Waals surface area (Å²) in [6, 6.07) is 2.76. The monoisotopic (exact) mass is 249 g/mol. The SMILES string of the molecule is CCCCNCc1ccc(F)cc1C(F)(F)F. The molecular weight excluding hydrogens is 234 g/mol. The van der Waals surface area contributed by atoms with Gasteiger partial charge in [0.15, 0.2) is 0 Å². The molecule has 5 heteroatoms. The molecule has 0 unspecified atom stereocenters. The molecule has 0 radical (unpaired) electrons. The molecule has 0 heterocycles. The van der Waals surface area contributed by atoms with Crippen LogP contribution < -0.4 is 5.32 Å². The number of benzene rings is 1. The van der Waals surface area contributed by atoms with E-state index in [1.54, 1.807) is 0 Å². The van der Waals surface area contributed by atoms with Crippen molar-refractivity contribution in [2.75, 3.05) is 6.54 Å². The smallest absolute Gasteiger partial charge is 0.313 e. The maximum atomic E-state index is 12.8. The summed E-state index contributed by atoms with van der Waals surface area (Å²) >= 11 is 0. The summed E-state index contributed by atoms with van der Waals surface area (Å²) < 4.78 is 50.6. The summed E-state index contributed by atoms with van der Waals surface area (Å²) in [5, 5.41) is 2.91. The molecule has 1 rings (SSSR count). The predicted octanol–water partition coefficient (Wildman–Crippen LogP) is 3.73. The summed E-state index contributed by atoms with van der Waals surface area (Å²) in [5.74, 6) is -0.866. The van der Waals surface area contributed by atoms with Crippen LogP contribution in [0.25, 0.3) is 0 Å². The highest BCUT2D eigenvalue weighted by Crippen LogP contribution is 2.32. The van der Waals surface area contributed by atoms with Crippen LogP contribution in [-0.4, -0.2) is 6.54 Å². The second kappa shape index (κ2) is 6.00. The molecule has 1 N–H and O–H groups in total. The lowest BCUT2D eigenvalue weighted by Crippen LogP contribution is -2.18. The molecular formula is C12H15F4N. The molecule has 0 saturated carbocycles. The summed E-state index contributed by atoms with van der Waals surface area (Å²) in [7, 11) is 0. The fourth-order valence-electron chi connectivity index (χ4n) is 1.49. The van der Waals surface area contributed by atoms with E-state index in [0.717, 1.165) is 18.9 Å². The third-order valence-corrected chi connectivity index (χ3v) is 2.40. The first kappa shape index (κ1) is 14.0. The van der Waals surface area contributed by atoms with Crippen LogP contribution in [0, 0.1) is 5.82 Å². The van der Waals surface area contributed by atoms with E-state index in [4.69, 9.17) is 0 Å². The Morgan fingerprint density at radius 2 is 1.94 bits per heavy atom. The molecule has 0 aliphatic carbocycles. The van der Waals surface area contributed by atoms with Crippen molar-refractivity contribution in [2.24, 2.45) is 0 Å². The second-order valence-corrected chi connectivity index (χ2v) is 3.83. The van der Waals surface area contributed by atoms with Gasteiger partial charge in [-0.3, -0.25) is 0 Å². The molecule has 17 heavy (non-hydrogen) atoms. The summed E-state index contributed by atoms with van der Waals surface area (Å²) in [6.45, 7) is 2.76. The molecule has 0 aliphatic rings. The van der Waals surface area contributed by atoms with Crippen molar-refractivity contribution in [2.45, 2.75) is 32.5 Å². The quantitative estimate of drug-likeness (QED) is 0.619. The normalized spacial score (nSPS) is 11.8. The van der Waals surface area contributed by atoms with Crippen molar-refractivity contribution in [3.05, 3.63) is 35.1 Å². The van der Waals surface area contributed by atoms with Gasteiger partial charge in [0.1, 0.15) is 5.82 Å². The molecule has 0 spiro atoms. The third-order valence-electron chi connectivity index (χ3n) is 2.40. The number of unbranched alkanes of at least 4 members (excludes halogenated alkanes) is 1. The van der Waals surface area contributed by atoms with E-state index in [9.17, 15) is 17.6 Å². The highest BCUT2D eigenvalue weighted by molar-refractivity contribution is 5.30. The maximum absolute atomic E-state index is 12.8. The summed E-state index contributed by atoms with van der Waals surface area (Å²) in [4.78, 5) is 0. The predicted molar refractivity (Wildman–Crippen MR) is 58.0 cm³/mol. The van der Waals surface area contributed by atoms with Crippen LogP contribution in [0.1, 0.15) is 30.9 Å². The zero-order chi connectivity index (χ0) is 12.9. The Morgan fingerprint density at radius 3 is 2.53 bits per heavy atom. The minimum absolute atomic E-state index is 0.0787. The van der Waals surface area contributed by atoms with Crippen LogP contribution in [0.2, 0.25) is 0 Å². The molecule has 0 saturated heterocycles. The molecule has 1 aromatic carbocycles. The lowest BCUT2D eigenvalue weighted by Gasteiger charge is -2.13. The van der Waals surface area contributed by atoms with Gasteiger partial charge in [0, 0.05) is 6.54 Å². The van der Waals surface area contributed by atoms with Gasteiger partial charge in [0.05, 0.1) is 5.56 Å². The number of hydrogen-bond donors (Lipinski definition) is 1. The van der Waals surface area contributed by atoms with Crippen molar-refractivity contribution in [1.82, 2.24) is 5.32 Å². The zero-order valence-electron chi connectivity index (χ0n) is 9.57. The van der Waals surface area contributed by atoms with Crippen LogP contribution in [0.4, 0.5) is 17.6 Å². The standard InChI is InChI=1S/C12H15F4N/c1-2-3-6-17-8-9-4-5-10(13)7-11(9)12(14,15)16/h4-5,7,17H,2-3,6,8H2,1H3. The van der Waals surface area contributed by atoms with Crippen LogP contribution in [0.5, 0.6) is 0 Å². The van der Waals surface area contributed by atoms with Crippen molar-refractivity contribution < 1.29 is 17.6 Å².